The molecule has 0 fully saturated rings. The Labute approximate surface area is 191 Å². The molecule has 32 heavy (non-hydrogen) atoms. The molecule has 0 aliphatic heterocycles. The number of fused-ring (bicyclic) bond motifs is 2. The molecule has 1 amide bonds. The number of benzene rings is 3. The summed E-state index contributed by atoms with van der Waals surface area (Å²) in [5.74, 6) is 0.0155. The van der Waals surface area contributed by atoms with Crippen molar-refractivity contribution >= 4 is 43.4 Å². The largest absolute Gasteiger partial charge is 0.282 e. The van der Waals surface area contributed by atoms with Gasteiger partial charge in [0.15, 0.2) is 5.13 Å². The maximum absolute atomic E-state index is 13.6. The number of pyridine rings is 1. The van der Waals surface area contributed by atoms with E-state index >= 15 is 0 Å². The van der Waals surface area contributed by atoms with E-state index in [4.69, 9.17) is 4.98 Å². The number of hydrogen-bond donors (Lipinski definition) is 0. The van der Waals surface area contributed by atoms with E-state index in [-0.39, 0.29) is 5.91 Å². The van der Waals surface area contributed by atoms with Gasteiger partial charge in [-0.2, -0.15) is 0 Å². The van der Waals surface area contributed by atoms with Crippen LogP contribution in [0.15, 0.2) is 85.1 Å². The van der Waals surface area contributed by atoms with Crippen molar-refractivity contribution in [2.45, 2.75) is 26.3 Å². The van der Waals surface area contributed by atoms with Crippen LogP contribution in [-0.2, 0) is 24.2 Å². The number of carbonyl (C=O) groups excluding carboxylic acids is 1. The molecule has 0 saturated carbocycles. The first-order chi connectivity index (χ1) is 15.7. The summed E-state index contributed by atoms with van der Waals surface area (Å²) in [6.07, 6.45) is 3.04. The smallest absolute Gasteiger partial charge is 0.233 e. The molecule has 3 aromatic carbocycles. The van der Waals surface area contributed by atoms with Gasteiger partial charge in [-0.1, -0.05) is 72.9 Å². The molecule has 0 saturated heterocycles. The molecule has 0 N–H and O–H groups in total. The van der Waals surface area contributed by atoms with E-state index in [1.807, 2.05) is 48.5 Å². The number of amides is 1. The van der Waals surface area contributed by atoms with Gasteiger partial charge in [0.25, 0.3) is 0 Å². The quantitative estimate of drug-likeness (QED) is 0.318. The zero-order valence-electron chi connectivity index (χ0n) is 17.9. The molecule has 0 aliphatic carbocycles. The Bertz CT molecular complexity index is 1390. The predicted molar refractivity (Wildman–Crippen MR) is 132 cm³/mol. The number of thiazole rings is 1. The highest BCUT2D eigenvalue weighted by molar-refractivity contribution is 7.22. The van der Waals surface area contributed by atoms with Crippen molar-refractivity contribution in [1.82, 2.24) is 9.97 Å². The van der Waals surface area contributed by atoms with Crippen LogP contribution in [0.25, 0.3) is 21.0 Å². The van der Waals surface area contributed by atoms with Gasteiger partial charge in [-0.25, -0.2) is 4.98 Å². The molecule has 0 bridgehead atoms. The first-order valence-corrected chi connectivity index (χ1v) is 11.6. The molecule has 0 atom stereocenters. The third-order valence-electron chi connectivity index (χ3n) is 5.65. The third kappa shape index (κ3) is 4.12. The number of rotatable bonds is 6. The fourth-order valence-corrected chi connectivity index (χ4v) is 4.96. The molecule has 0 spiro atoms. The minimum absolute atomic E-state index is 0.0155. The molecule has 158 valence electrons. The zero-order valence-corrected chi connectivity index (χ0v) is 18.7. The van der Waals surface area contributed by atoms with E-state index in [0.29, 0.717) is 18.1 Å². The summed E-state index contributed by atoms with van der Waals surface area (Å²) in [7, 11) is 0. The summed E-state index contributed by atoms with van der Waals surface area (Å²) in [5.41, 5.74) is 4.05. The van der Waals surface area contributed by atoms with E-state index in [1.54, 1.807) is 22.4 Å². The number of anilines is 1. The van der Waals surface area contributed by atoms with Crippen molar-refractivity contribution in [3.63, 3.8) is 0 Å². The van der Waals surface area contributed by atoms with Gasteiger partial charge < -0.3 is 0 Å². The number of nitrogens with zero attached hydrogens (tertiary/aromatic N) is 3. The van der Waals surface area contributed by atoms with Crippen LogP contribution < -0.4 is 4.90 Å². The predicted octanol–water partition coefficient (Wildman–Crippen LogP) is 6.18. The van der Waals surface area contributed by atoms with Crippen molar-refractivity contribution in [3.8, 4) is 0 Å². The standard InChI is InChI=1S/C27H23N3OS/c1-2-19-13-14-24-25(16-19)32-27(29-24)30(18-22-11-5-6-15-28-22)26(31)17-21-10-7-9-20-8-3-4-12-23(20)21/h3-16H,2,17-18H2,1H3. The van der Waals surface area contributed by atoms with Crippen molar-refractivity contribution in [2.24, 2.45) is 0 Å². The normalized spacial score (nSPS) is 11.2. The minimum atomic E-state index is 0.0155. The summed E-state index contributed by atoms with van der Waals surface area (Å²) in [5, 5.41) is 2.96. The highest BCUT2D eigenvalue weighted by Crippen LogP contribution is 2.31. The average Bonchev–Trinajstić information content (AvgIpc) is 3.26. The van der Waals surface area contributed by atoms with Gasteiger partial charge in [-0.3, -0.25) is 14.7 Å². The van der Waals surface area contributed by atoms with Gasteiger partial charge >= 0.3 is 0 Å². The van der Waals surface area contributed by atoms with Crippen LogP contribution in [0.2, 0.25) is 0 Å². The molecule has 5 heteroatoms. The number of hydrogen-bond acceptors (Lipinski definition) is 4. The molecular formula is C27H23N3OS. The van der Waals surface area contributed by atoms with Gasteiger partial charge in [0.2, 0.25) is 5.91 Å². The Hall–Kier alpha value is -3.57. The SMILES string of the molecule is CCc1ccc2nc(N(Cc3ccccn3)C(=O)Cc3cccc4ccccc34)sc2c1. The van der Waals surface area contributed by atoms with Gasteiger partial charge in [0.05, 0.1) is 28.9 Å². The van der Waals surface area contributed by atoms with Crippen molar-refractivity contribution in [3.05, 3.63) is 102 Å². The summed E-state index contributed by atoms with van der Waals surface area (Å²) in [6.45, 7) is 2.54. The monoisotopic (exact) mass is 437 g/mol. The Morgan fingerprint density at radius 3 is 2.66 bits per heavy atom. The first-order valence-electron chi connectivity index (χ1n) is 10.8. The number of aryl methyl sites for hydroxylation is 1. The summed E-state index contributed by atoms with van der Waals surface area (Å²) in [6, 6.07) is 26.4. The van der Waals surface area contributed by atoms with Crippen molar-refractivity contribution in [1.29, 1.82) is 0 Å². The van der Waals surface area contributed by atoms with Crippen LogP contribution in [0, 0.1) is 0 Å². The fraction of sp³-hybridized carbons (Fsp3) is 0.148. The molecule has 0 radical (unpaired) electrons. The fourth-order valence-electron chi connectivity index (χ4n) is 3.91. The highest BCUT2D eigenvalue weighted by atomic mass is 32.1. The Morgan fingerprint density at radius 1 is 0.969 bits per heavy atom. The molecule has 0 unspecified atom stereocenters. The lowest BCUT2D eigenvalue weighted by atomic mass is 10.0. The van der Waals surface area contributed by atoms with Crippen molar-refractivity contribution < 1.29 is 4.79 Å². The molecule has 4 nitrogen and oxygen atoms in total. The second-order valence-corrected chi connectivity index (χ2v) is 8.78. The summed E-state index contributed by atoms with van der Waals surface area (Å²) in [4.78, 5) is 24.7. The molecule has 2 aromatic heterocycles. The average molecular weight is 438 g/mol. The van der Waals surface area contributed by atoms with Gasteiger partial charge in [0, 0.05) is 6.20 Å². The van der Waals surface area contributed by atoms with E-state index in [1.165, 1.54) is 5.56 Å². The van der Waals surface area contributed by atoms with E-state index in [9.17, 15) is 4.79 Å². The van der Waals surface area contributed by atoms with E-state index in [2.05, 4.69) is 42.2 Å². The highest BCUT2D eigenvalue weighted by Gasteiger charge is 2.22. The van der Waals surface area contributed by atoms with Crippen LogP contribution in [0.1, 0.15) is 23.7 Å². The first kappa shape index (κ1) is 20.3. The van der Waals surface area contributed by atoms with Gasteiger partial charge in [-0.05, 0) is 52.6 Å². The van der Waals surface area contributed by atoms with Gasteiger partial charge in [-0.15, -0.1) is 0 Å². The second-order valence-electron chi connectivity index (χ2n) is 7.77. The molecule has 5 rings (SSSR count). The second kappa shape index (κ2) is 8.89. The lowest BCUT2D eigenvalue weighted by molar-refractivity contribution is -0.118. The topological polar surface area (TPSA) is 46.1 Å². The molecule has 2 heterocycles. The zero-order chi connectivity index (χ0) is 21.9. The van der Waals surface area contributed by atoms with Crippen LogP contribution in [0.5, 0.6) is 0 Å². The molecular weight excluding hydrogens is 414 g/mol. The van der Waals surface area contributed by atoms with Crippen LogP contribution in [0.3, 0.4) is 0 Å². The van der Waals surface area contributed by atoms with Crippen LogP contribution in [-0.4, -0.2) is 15.9 Å². The Morgan fingerprint density at radius 2 is 1.81 bits per heavy atom. The van der Waals surface area contributed by atoms with Crippen LogP contribution in [0.4, 0.5) is 5.13 Å². The lowest BCUT2D eigenvalue weighted by Crippen LogP contribution is -2.32. The van der Waals surface area contributed by atoms with Crippen LogP contribution >= 0.6 is 11.3 Å². The lowest BCUT2D eigenvalue weighted by Gasteiger charge is -2.20. The maximum Gasteiger partial charge on any atom is 0.233 e. The van der Waals surface area contributed by atoms with E-state index < -0.39 is 0 Å². The number of aromatic nitrogens is 2. The van der Waals surface area contributed by atoms with Crippen molar-refractivity contribution in [2.75, 3.05) is 4.90 Å². The number of carbonyl (C=O) groups is 1. The minimum Gasteiger partial charge on any atom is -0.282 e. The maximum atomic E-state index is 13.6. The summed E-state index contributed by atoms with van der Waals surface area (Å²) < 4.78 is 1.10. The van der Waals surface area contributed by atoms with Gasteiger partial charge in [0.1, 0.15) is 0 Å². The molecule has 0 aliphatic rings. The Balaban J connectivity index is 1.52. The Kier molecular flexibility index (Phi) is 5.65. The van der Waals surface area contributed by atoms with E-state index in [0.717, 1.165) is 38.7 Å². The molecule has 5 aromatic rings. The summed E-state index contributed by atoms with van der Waals surface area (Å²) >= 11 is 1.56. The third-order valence-corrected chi connectivity index (χ3v) is 6.69.